The van der Waals surface area contributed by atoms with Gasteiger partial charge in [0.15, 0.2) is 17.5 Å². The summed E-state index contributed by atoms with van der Waals surface area (Å²) in [6, 6.07) is 83.1. The van der Waals surface area contributed by atoms with E-state index in [2.05, 4.69) is 176 Å². The van der Waals surface area contributed by atoms with E-state index in [9.17, 15) is 5.26 Å². The Balaban J connectivity index is 1.05. The maximum absolute atomic E-state index is 9.51. The molecular weight excluding hydrogens is 765 g/mol. The van der Waals surface area contributed by atoms with Crippen LogP contribution in [0.5, 0.6) is 0 Å². The second-order valence-electron chi connectivity index (χ2n) is 15.9. The van der Waals surface area contributed by atoms with Crippen molar-refractivity contribution >= 4 is 0 Å². The Kier molecular flexibility index (Phi) is 9.41. The van der Waals surface area contributed by atoms with Crippen LogP contribution >= 0.6 is 0 Å². The summed E-state index contributed by atoms with van der Waals surface area (Å²) in [6.45, 7) is 0. The predicted molar refractivity (Wildman–Crippen MR) is 254 cm³/mol. The lowest BCUT2D eigenvalue weighted by Crippen LogP contribution is -2.28. The summed E-state index contributed by atoms with van der Waals surface area (Å²) in [7, 11) is 0. The highest BCUT2D eigenvalue weighted by molar-refractivity contribution is 5.90. The van der Waals surface area contributed by atoms with Crippen LogP contribution in [0.4, 0.5) is 0 Å². The summed E-state index contributed by atoms with van der Waals surface area (Å²) in [4.78, 5) is 15.2. The first-order chi connectivity index (χ1) is 31.2. The van der Waals surface area contributed by atoms with Crippen LogP contribution < -0.4 is 0 Å². The molecule has 0 fully saturated rings. The van der Waals surface area contributed by atoms with Crippen LogP contribution in [0.1, 0.15) is 27.8 Å². The van der Waals surface area contributed by atoms with Gasteiger partial charge in [0.2, 0.25) is 0 Å². The average molecular weight is 803 g/mol. The summed E-state index contributed by atoms with van der Waals surface area (Å²) in [6.07, 6.45) is 0. The van der Waals surface area contributed by atoms with Crippen molar-refractivity contribution < 1.29 is 0 Å². The number of rotatable bonds is 8. The fourth-order valence-electron chi connectivity index (χ4n) is 9.22. The quantitative estimate of drug-likeness (QED) is 0.153. The molecule has 0 radical (unpaired) electrons. The molecule has 0 unspecified atom stereocenters. The van der Waals surface area contributed by atoms with E-state index in [1.54, 1.807) is 0 Å². The van der Waals surface area contributed by atoms with E-state index >= 15 is 0 Å². The first kappa shape index (κ1) is 37.5. The van der Waals surface area contributed by atoms with Gasteiger partial charge >= 0.3 is 0 Å². The molecule has 11 rings (SSSR count). The molecular formula is C59H38N4. The third kappa shape index (κ3) is 6.70. The van der Waals surface area contributed by atoms with Crippen molar-refractivity contribution in [3.05, 3.63) is 258 Å². The minimum atomic E-state index is -0.604. The Bertz CT molecular complexity index is 3260. The molecule has 0 atom stereocenters. The first-order valence-electron chi connectivity index (χ1n) is 21.1. The Morgan fingerprint density at radius 2 is 0.651 bits per heavy atom. The van der Waals surface area contributed by atoms with Crippen LogP contribution in [0.3, 0.4) is 0 Å². The lowest BCUT2D eigenvalue weighted by Gasteiger charge is -2.34. The zero-order valence-corrected chi connectivity index (χ0v) is 34.2. The molecule has 0 amide bonds. The SMILES string of the molecule is N#Cc1ccc(-c2ccc3c(c2)C(c2ccccc2)(c2ccccc2)c2cc(-c4cccc(-c5nc(-c6ccccc6)nc(-c6ccc(-c7ccccc7)cc6)n5)c4)ccc2-3)cc1. The maximum atomic E-state index is 9.51. The molecule has 0 saturated carbocycles. The maximum Gasteiger partial charge on any atom is 0.164 e. The summed E-state index contributed by atoms with van der Waals surface area (Å²) >= 11 is 0. The standard InChI is InChI=1S/C59H38N4/c60-39-40-24-26-43(27-25-40)47-32-34-52-53-35-33-48(38-55(53)59(54(52)37-47,50-20-9-3-10-21-50)51-22-11-4-12-23-51)46-18-13-19-49(36-46)58-62-56(44-16-7-2-8-17-44)61-57(63-58)45-30-28-42(29-31-45)41-14-5-1-6-15-41/h1-38H. The zero-order chi connectivity index (χ0) is 42.2. The van der Waals surface area contributed by atoms with Crippen LogP contribution in [-0.2, 0) is 5.41 Å². The van der Waals surface area contributed by atoms with Crippen LogP contribution in [0.15, 0.2) is 231 Å². The number of benzene rings is 9. The van der Waals surface area contributed by atoms with E-state index in [0.717, 1.165) is 50.1 Å². The molecule has 0 spiro atoms. The molecule has 0 N–H and O–H groups in total. The van der Waals surface area contributed by atoms with E-state index in [1.165, 1.54) is 33.4 Å². The van der Waals surface area contributed by atoms with E-state index < -0.39 is 5.41 Å². The van der Waals surface area contributed by atoms with Gasteiger partial charge in [0.05, 0.1) is 17.0 Å². The molecule has 4 heteroatoms. The van der Waals surface area contributed by atoms with Crippen LogP contribution in [0.2, 0.25) is 0 Å². The molecule has 1 aliphatic rings. The average Bonchev–Trinajstić information content (AvgIpc) is 3.67. The summed E-state index contributed by atoms with van der Waals surface area (Å²) < 4.78 is 0. The summed E-state index contributed by atoms with van der Waals surface area (Å²) in [5.41, 5.74) is 16.7. The molecule has 4 nitrogen and oxygen atoms in total. The van der Waals surface area contributed by atoms with Gasteiger partial charge in [0.1, 0.15) is 0 Å². The summed E-state index contributed by atoms with van der Waals surface area (Å²) in [5, 5.41) is 9.51. The van der Waals surface area contributed by atoms with Gasteiger partial charge < -0.3 is 0 Å². The van der Waals surface area contributed by atoms with Gasteiger partial charge in [0, 0.05) is 16.7 Å². The minimum absolute atomic E-state index is 0.604. The van der Waals surface area contributed by atoms with Crippen LogP contribution in [-0.4, -0.2) is 15.0 Å². The molecule has 0 aliphatic heterocycles. The second-order valence-corrected chi connectivity index (χ2v) is 15.9. The van der Waals surface area contributed by atoms with Gasteiger partial charge in [0.25, 0.3) is 0 Å². The smallest absolute Gasteiger partial charge is 0.164 e. The lowest BCUT2D eigenvalue weighted by atomic mass is 9.67. The molecule has 1 aromatic heterocycles. The van der Waals surface area contributed by atoms with Crippen LogP contribution in [0.25, 0.3) is 78.7 Å². The van der Waals surface area contributed by atoms with Crippen molar-refractivity contribution in [3.63, 3.8) is 0 Å². The minimum Gasteiger partial charge on any atom is -0.208 e. The van der Waals surface area contributed by atoms with E-state index in [1.807, 2.05) is 60.7 Å². The van der Waals surface area contributed by atoms with Crippen molar-refractivity contribution in [1.82, 2.24) is 15.0 Å². The molecule has 63 heavy (non-hydrogen) atoms. The zero-order valence-electron chi connectivity index (χ0n) is 34.2. The van der Waals surface area contributed by atoms with Gasteiger partial charge in [-0.1, -0.05) is 200 Å². The molecule has 294 valence electrons. The highest BCUT2D eigenvalue weighted by Gasteiger charge is 2.46. The number of hydrogen-bond donors (Lipinski definition) is 0. The fraction of sp³-hybridized carbons (Fsp3) is 0.0169. The van der Waals surface area contributed by atoms with Crippen molar-refractivity contribution in [2.45, 2.75) is 5.41 Å². The Morgan fingerprint density at radius 1 is 0.302 bits per heavy atom. The number of nitriles is 1. The second kappa shape index (κ2) is 15.8. The Labute approximate surface area is 367 Å². The number of aromatic nitrogens is 3. The summed E-state index contributed by atoms with van der Waals surface area (Å²) in [5.74, 6) is 1.86. The molecule has 9 aromatic carbocycles. The predicted octanol–water partition coefficient (Wildman–Crippen LogP) is 14.1. The van der Waals surface area contributed by atoms with E-state index in [0.29, 0.717) is 23.0 Å². The lowest BCUT2D eigenvalue weighted by molar-refractivity contribution is 0.769. The first-order valence-corrected chi connectivity index (χ1v) is 21.1. The Hall–Kier alpha value is -8.52. The van der Waals surface area contributed by atoms with Crippen LogP contribution in [0, 0.1) is 11.3 Å². The number of hydrogen-bond acceptors (Lipinski definition) is 4. The fourth-order valence-corrected chi connectivity index (χ4v) is 9.22. The normalized spacial score (nSPS) is 12.2. The topological polar surface area (TPSA) is 62.5 Å². The largest absolute Gasteiger partial charge is 0.208 e. The molecule has 0 bridgehead atoms. The molecule has 1 aliphatic carbocycles. The number of nitrogens with zero attached hydrogens (tertiary/aromatic N) is 4. The number of fused-ring (bicyclic) bond motifs is 3. The van der Waals surface area contributed by atoms with E-state index in [4.69, 9.17) is 15.0 Å². The van der Waals surface area contributed by atoms with Gasteiger partial charge in [-0.05, 0) is 97.1 Å². The van der Waals surface area contributed by atoms with Gasteiger partial charge in [-0.25, -0.2) is 15.0 Å². The Morgan fingerprint density at radius 3 is 1.19 bits per heavy atom. The van der Waals surface area contributed by atoms with Gasteiger partial charge in [-0.15, -0.1) is 0 Å². The highest BCUT2D eigenvalue weighted by Crippen LogP contribution is 2.57. The molecule has 0 saturated heterocycles. The van der Waals surface area contributed by atoms with Crippen molar-refractivity contribution in [2.75, 3.05) is 0 Å². The van der Waals surface area contributed by atoms with Gasteiger partial charge in [-0.3, -0.25) is 0 Å². The van der Waals surface area contributed by atoms with Crippen molar-refractivity contribution in [1.29, 1.82) is 5.26 Å². The monoisotopic (exact) mass is 802 g/mol. The third-order valence-electron chi connectivity index (χ3n) is 12.3. The van der Waals surface area contributed by atoms with Crippen molar-refractivity contribution in [2.24, 2.45) is 0 Å². The van der Waals surface area contributed by atoms with Crippen molar-refractivity contribution in [3.8, 4) is 84.7 Å². The molecule has 10 aromatic rings. The van der Waals surface area contributed by atoms with Gasteiger partial charge in [-0.2, -0.15) is 5.26 Å². The highest BCUT2D eigenvalue weighted by atomic mass is 15.0. The van der Waals surface area contributed by atoms with E-state index in [-0.39, 0.29) is 0 Å². The third-order valence-corrected chi connectivity index (χ3v) is 12.3. The molecule has 1 heterocycles.